The first-order chi connectivity index (χ1) is 9.03. The van der Waals surface area contributed by atoms with Crippen molar-refractivity contribution in [3.63, 3.8) is 0 Å². The number of likely N-dealkylation sites (N-methyl/N-ethyl adjacent to an activating group) is 1. The maximum absolute atomic E-state index is 12.2. The van der Waals surface area contributed by atoms with Gasteiger partial charge in [-0.1, -0.05) is 37.3 Å². The molecule has 0 saturated heterocycles. The summed E-state index contributed by atoms with van der Waals surface area (Å²) in [6.45, 7) is 7.02. The van der Waals surface area contributed by atoms with Gasteiger partial charge in [-0.15, -0.1) is 6.58 Å². The Morgan fingerprint density at radius 2 is 1.84 bits per heavy atom. The Kier molecular flexibility index (Phi) is 6.21. The number of hydrogen-bond acceptors (Lipinski definition) is 3. The van der Waals surface area contributed by atoms with E-state index < -0.39 is 10.0 Å². The first-order valence-electron chi connectivity index (χ1n) is 6.34. The first kappa shape index (κ1) is 15.9. The molecule has 0 spiro atoms. The van der Waals surface area contributed by atoms with Gasteiger partial charge in [-0.25, -0.2) is 8.42 Å². The zero-order valence-corrected chi connectivity index (χ0v) is 12.4. The highest BCUT2D eigenvalue weighted by molar-refractivity contribution is 7.88. The van der Waals surface area contributed by atoms with E-state index in [0.29, 0.717) is 13.1 Å². The third-order valence-electron chi connectivity index (χ3n) is 2.83. The van der Waals surface area contributed by atoms with E-state index in [-0.39, 0.29) is 5.75 Å². The number of rotatable bonds is 8. The van der Waals surface area contributed by atoms with Gasteiger partial charge in [0, 0.05) is 19.6 Å². The Hall–Kier alpha value is -1.17. The van der Waals surface area contributed by atoms with Crippen molar-refractivity contribution < 1.29 is 8.42 Å². The molecule has 0 aliphatic rings. The summed E-state index contributed by atoms with van der Waals surface area (Å²) in [6, 6.07) is 7.63. The van der Waals surface area contributed by atoms with Gasteiger partial charge in [0.1, 0.15) is 0 Å². The van der Waals surface area contributed by atoms with Crippen molar-refractivity contribution in [2.24, 2.45) is 0 Å². The predicted octanol–water partition coefficient (Wildman–Crippen LogP) is 1.74. The Morgan fingerprint density at radius 3 is 2.32 bits per heavy atom. The fourth-order valence-corrected chi connectivity index (χ4v) is 3.36. The van der Waals surface area contributed by atoms with Crippen molar-refractivity contribution in [1.29, 1.82) is 0 Å². The van der Waals surface area contributed by atoms with Crippen LogP contribution in [0.2, 0.25) is 0 Å². The Balaban J connectivity index is 2.79. The maximum atomic E-state index is 12.2. The number of hydrogen-bond donors (Lipinski definition) is 1. The SMILES string of the molecule is C=CCN(CC)S(=O)(=O)Cc1ccc(CNC)cc1. The van der Waals surface area contributed by atoms with Crippen LogP contribution in [0.1, 0.15) is 18.1 Å². The van der Waals surface area contributed by atoms with Crippen molar-refractivity contribution in [3.05, 3.63) is 48.0 Å². The van der Waals surface area contributed by atoms with Gasteiger partial charge < -0.3 is 5.32 Å². The van der Waals surface area contributed by atoms with Crippen LogP contribution in [0, 0.1) is 0 Å². The van der Waals surface area contributed by atoms with Crippen LogP contribution in [-0.4, -0.2) is 32.9 Å². The largest absolute Gasteiger partial charge is 0.316 e. The minimum Gasteiger partial charge on any atom is -0.316 e. The van der Waals surface area contributed by atoms with E-state index in [1.807, 2.05) is 38.2 Å². The van der Waals surface area contributed by atoms with Crippen LogP contribution in [0.25, 0.3) is 0 Å². The van der Waals surface area contributed by atoms with Crippen LogP contribution in [0.4, 0.5) is 0 Å². The molecule has 0 heterocycles. The van der Waals surface area contributed by atoms with Crippen LogP contribution in [0.15, 0.2) is 36.9 Å². The molecule has 0 aromatic heterocycles. The summed E-state index contributed by atoms with van der Waals surface area (Å²) >= 11 is 0. The molecule has 1 N–H and O–H groups in total. The van der Waals surface area contributed by atoms with E-state index in [1.165, 1.54) is 4.31 Å². The van der Waals surface area contributed by atoms with Crippen molar-refractivity contribution in [1.82, 2.24) is 9.62 Å². The summed E-state index contributed by atoms with van der Waals surface area (Å²) in [6.07, 6.45) is 1.61. The van der Waals surface area contributed by atoms with E-state index >= 15 is 0 Å². The monoisotopic (exact) mass is 282 g/mol. The Bertz CT molecular complexity index is 495. The maximum Gasteiger partial charge on any atom is 0.218 e. The average Bonchev–Trinajstić information content (AvgIpc) is 2.38. The predicted molar refractivity (Wildman–Crippen MR) is 79.3 cm³/mol. The van der Waals surface area contributed by atoms with Crippen molar-refractivity contribution in [2.75, 3.05) is 20.1 Å². The highest BCUT2D eigenvalue weighted by atomic mass is 32.2. The number of benzene rings is 1. The molecule has 5 heteroatoms. The molecule has 0 fully saturated rings. The molecule has 0 aliphatic carbocycles. The molecule has 0 amide bonds. The van der Waals surface area contributed by atoms with Gasteiger partial charge in [0.15, 0.2) is 0 Å². The van der Waals surface area contributed by atoms with E-state index in [4.69, 9.17) is 0 Å². The summed E-state index contributed by atoms with van der Waals surface area (Å²) in [4.78, 5) is 0. The lowest BCUT2D eigenvalue weighted by molar-refractivity contribution is 0.459. The van der Waals surface area contributed by atoms with Gasteiger partial charge in [0.05, 0.1) is 5.75 Å². The van der Waals surface area contributed by atoms with Gasteiger partial charge in [-0.2, -0.15) is 4.31 Å². The normalized spacial score (nSPS) is 11.7. The second-order valence-corrected chi connectivity index (χ2v) is 6.31. The fourth-order valence-electron chi connectivity index (χ4n) is 1.84. The smallest absolute Gasteiger partial charge is 0.218 e. The standard InChI is InChI=1S/C14H22N2O2S/c1-4-10-16(5-2)19(17,18)12-14-8-6-13(7-9-14)11-15-3/h4,6-9,15H,1,5,10-12H2,2-3H3. The lowest BCUT2D eigenvalue weighted by Gasteiger charge is -2.18. The zero-order chi connectivity index (χ0) is 14.3. The van der Waals surface area contributed by atoms with Crippen LogP contribution >= 0.6 is 0 Å². The van der Waals surface area contributed by atoms with E-state index in [2.05, 4.69) is 11.9 Å². The fraction of sp³-hybridized carbons (Fsp3) is 0.429. The Labute approximate surface area is 116 Å². The average molecular weight is 282 g/mol. The minimum absolute atomic E-state index is 0.0362. The summed E-state index contributed by atoms with van der Waals surface area (Å²) in [7, 11) is -1.38. The van der Waals surface area contributed by atoms with Crippen LogP contribution in [0.5, 0.6) is 0 Å². The molecule has 0 saturated carbocycles. The van der Waals surface area contributed by atoms with Gasteiger partial charge in [-0.05, 0) is 18.2 Å². The Morgan fingerprint density at radius 1 is 1.26 bits per heavy atom. The molecule has 1 rings (SSSR count). The second-order valence-electron chi connectivity index (χ2n) is 4.34. The van der Waals surface area contributed by atoms with E-state index in [9.17, 15) is 8.42 Å². The summed E-state index contributed by atoms with van der Waals surface area (Å²) in [5, 5.41) is 3.06. The number of nitrogens with one attached hydrogen (secondary N) is 1. The molecule has 1 aromatic rings. The molecular formula is C14H22N2O2S. The van der Waals surface area contributed by atoms with Crippen molar-refractivity contribution in [3.8, 4) is 0 Å². The highest BCUT2D eigenvalue weighted by Gasteiger charge is 2.19. The highest BCUT2D eigenvalue weighted by Crippen LogP contribution is 2.12. The molecular weight excluding hydrogens is 260 g/mol. The van der Waals surface area contributed by atoms with Gasteiger partial charge in [0.2, 0.25) is 10.0 Å². The summed E-state index contributed by atoms with van der Waals surface area (Å²) in [5.74, 6) is 0.0362. The topological polar surface area (TPSA) is 49.4 Å². The molecule has 0 bridgehead atoms. The molecule has 0 aliphatic heterocycles. The van der Waals surface area contributed by atoms with Gasteiger partial charge >= 0.3 is 0 Å². The molecule has 0 atom stereocenters. The third kappa shape index (κ3) is 4.78. The summed E-state index contributed by atoms with van der Waals surface area (Å²) in [5.41, 5.74) is 1.95. The molecule has 0 unspecified atom stereocenters. The van der Waals surface area contributed by atoms with Gasteiger partial charge in [0.25, 0.3) is 0 Å². The lowest BCUT2D eigenvalue weighted by Crippen LogP contribution is -2.32. The summed E-state index contributed by atoms with van der Waals surface area (Å²) < 4.78 is 25.8. The molecule has 19 heavy (non-hydrogen) atoms. The zero-order valence-electron chi connectivity index (χ0n) is 11.6. The minimum atomic E-state index is -3.27. The molecule has 106 valence electrons. The van der Waals surface area contributed by atoms with Crippen molar-refractivity contribution >= 4 is 10.0 Å². The van der Waals surface area contributed by atoms with E-state index in [0.717, 1.165) is 17.7 Å². The van der Waals surface area contributed by atoms with Crippen molar-refractivity contribution in [2.45, 2.75) is 19.2 Å². The van der Waals surface area contributed by atoms with Crippen LogP contribution < -0.4 is 5.32 Å². The van der Waals surface area contributed by atoms with Crippen LogP contribution in [0.3, 0.4) is 0 Å². The second kappa shape index (κ2) is 7.43. The quantitative estimate of drug-likeness (QED) is 0.739. The molecule has 1 aromatic carbocycles. The first-order valence-corrected chi connectivity index (χ1v) is 7.95. The van der Waals surface area contributed by atoms with Crippen LogP contribution in [-0.2, 0) is 22.3 Å². The number of sulfonamides is 1. The van der Waals surface area contributed by atoms with E-state index in [1.54, 1.807) is 6.08 Å². The molecule has 4 nitrogen and oxygen atoms in total. The third-order valence-corrected chi connectivity index (χ3v) is 4.72. The van der Waals surface area contributed by atoms with Gasteiger partial charge in [-0.3, -0.25) is 0 Å². The molecule has 0 radical (unpaired) electrons. The lowest BCUT2D eigenvalue weighted by atomic mass is 10.1. The number of nitrogens with zero attached hydrogens (tertiary/aromatic N) is 1.